The van der Waals surface area contributed by atoms with Crippen LogP contribution in [0.5, 0.6) is 0 Å². The number of aromatic nitrogens is 2. The molecule has 8 heteroatoms. The number of hydrogen-bond donors (Lipinski definition) is 2. The molecule has 1 saturated heterocycles. The first kappa shape index (κ1) is 17.1. The van der Waals surface area contributed by atoms with Crippen LogP contribution in [0.1, 0.15) is 39.4 Å². The highest BCUT2D eigenvalue weighted by molar-refractivity contribution is 6.04. The molecule has 25 heavy (non-hydrogen) atoms. The SMILES string of the molecule is Cc1nc(NC(=O)c2ccc(C(=O)N(C)C3CCNCC3)cc2)no1. The fourth-order valence-electron chi connectivity index (χ4n) is 2.85. The van der Waals surface area contributed by atoms with Gasteiger partial charge in [0.05, 0.1) is 0 Å². The molecule has 2 N–H and O–H groups in total. The summed E-state index contributed by atoms with van der Waals surface area (Å²) in [5, 5.41) is 9.45. The van der Waals surface area contributed by atoms with Gasteiger partial charge in [0, 0.05) is 31.1 Å². The van der Waals surface area contributed by atoms with Gasteiger partial charge in [0.15, 0.2) is 0 Å². The second-order valence-corrected chi connectivity index (χ2v) is 6.07. The summed E-state index contributed by atoms with van der Waals surface area (Å²) in [4.78, 5) is 30.5. The number of anilines is 1. The summed E-state index contributed by atoms with van der Waals surface area (Å²) in [5.74, 6) is 0.102. The standard InChI is InChI=1S/C17H21N5O3/c1-11-19-17(21-25-11)20-15(23)12-3-5-13(6-4-12)16(24)22(2)14-7-9-18-10-8-14/h3-6,14,18H,7-10H2,1-2H3,(H,20,21,23). The van der Waals surface area contributed by atoms with Crippen LogP contribution in [0.2, 0.25) is 0 Å². The van der Waals surface area contributed by atoms with Gasteiger partial charge in [-0.05, 0) is 55.4 Å². The Morgan fingerprint density at radius 1 is 1.20 bits per heavy atom. The Labute approximate surface area is 145 Å². The fraction of sp³-hybridized carbons (Fsp3) is 0.412. The van der Waals surface area contributed by atoms with E-state index in [2.05, 4.69) is 20.8 Å². The van der Waals surface area contributed by atoms with Gasteiger partial charge in [-0.3, -0.25) is 14.9 Å². The Morgan fingerprint density at radius 2 is 1.84 bits per heavy atom. The lowest BCUT2D eigenvalue weighted by atomic mass is 10.0. The molecule has 0 bridgehead atoms. The lowest BCUT2D eigenvalue weighted by Crippen LogP contribution is -2.43. The maximum absolute atomic E-state index is 12.6. The summed E-state index contributed by atoms with van der Waals surface area (Å²) >= 11 is 0. The van der Waals surface area contributed by atoms with Crippen LogP contribution in [0.25, 0.3) is 0 Å². The normalized spacial score (nSPS) is 15.0. The first-order valence-corrected chi connectivity index (χ1v) is 8.24. The van der Waals surface area contributed by atoms with Gasteiger partial charge in [-0.25, -0.2) is 0 Å². The van der Waals surface area contributed by atoms with E-state index in [1.165, 1.54) is 0 Å². The number of carbonyl (C=O) groups is 2. The average molecular weight is 343 g/mol. The zero-order valence-electron chi connectivity index (χ0n) is 14.3. The second-order valence-electron chi connectivity index (χ2n) is 6.07. The molecule has 0 saturated carbocycles. The number of piperidine rings is 1. The van der Waals surface area contributed by atoms with Crippen LogP contribution < -0.4 is 10.6 Å². The molecule has 2 aromatic rings. The van der Waals surface area contributed by atoms with Crippen molar-refractivity contribution in [3.8, 4) is 0 Å². The average Bonchev–Trinajstić information content (AvgIpc) is 3.06. The third-order valence-corrected chi connectivity index (χ3v) is 4.32. The molecule has 8 nitrogen and oxygen atoms in total. The van der Waals surface area contributed by atoms with E-state index in [9.17, 15) is 9.59 Å². The van der Waals surface area contributed by atoms with Crippen molar-refractivity contribution in [3.63, 3.8) is 0 Å². The molecular weight excluding hydrogens is 322 g/mol. The van der Waals surface area contributed by atoms with Gasteiger partial charge in [0.25, 0.3) is 17.8 Å². The van der Waals surface area contributed by atoms with Crippen molar-refractivity contribution in [1.29, 1.82) is 0 Å². The molecular formula is C17H21N5O3. The van der Waals surface area contributed by atoms with Gasteiger partial charge in [0.1, 0.15) is 0 Å². The number of benzene rings is 1. The van der Waals surface area contributed by atoms with E-state index in [-0.39, 0.29) is 23.8 Å². The summed E-state index contributed by atoms with van der Waals surface area (Å²) in [5.41, 5.74) is 0.983. The smallest absolute Gasteiger partial charge is 0.270 e. The molecule has 0 atom stereocenters. The van der Waals surface area contributed by atoms with E-state index in [4.69, 9.17) is 4.52 Å². The van der Waals surface area contributed by atoms with Crippen LogP contribution in [-0.4, -0.2) is 53.0 Å². The molecule has 1 aromatic heterocycles. The molecule has 1 aromatic carbocycles. The van der Waals surface area contributed by atoms with Crippen molar-refractivity contribution in [1.82, 2.24) is 20.4 Å². The van der Waals surface area contributed by atoms with Crippen LogP contribution in [0.3, 0.4) is 0 Å². The largest absolute Gasteiger partial charge is 0.339 e. The molecule has 1 aliphatic heterocycles. The monoisotopic (exact) mass is 343 g/mol. The van der Waals surface area contributed by atoms with Gasteiger partial charge in [-0.15, -0.1) is 0 Å². The summed E-state index contributed by atoms with van der Waals surface area (Å²) in [6.07, 6.45) is 1.90. The maximum atomic E-state index is 12.6. The van der Waals surface area contributed by atoms with Gasteiger partial charge in [0.2, 0.25) is 5.89 Å². The summed E-state index contributed by atoms with van der Waals surface area (Å²) in [6, 6.07) is 6.81. The number of aryl methyl sites for hydroxylation is 1. The third kappa shape index (κ3) is 4.03. The molecule has 0 spiro atoms. The molecule has 3 rings (SSSR count). The minimum atomic E-state index is -0.355. The minimum Gasteiger partial charge on any atom is -0.339 e. The van der Waals surface area contributed by atoms with E-state index >= 15 is 0 Å². The van der Waals surface area contributed by atoms with E-state index in [0.29, 0.717) is 17.0 Å². The Morgan fingerprint density at radius 3 is 2.44 bits per heavy atom. The fourth-order valence-corrected chi connectivity index (χ4v) is 2.85. The van der Waals surface area contributed by atoms with Crippen molar-refractivity contribution in [2.45, 2.75) is 25.8 Å². The molecule has 2 amide bonds. The van der Waals surface area contributed by atoms with Crippen LogP contribution in [0.4, 0.5) is 5.95 Å². The number of amides is 2. The van der Waals surface area contributed by atoms with Crippen molar-refractivity contribution < 1.29 is 14.1 Å². The highest BCUT2D eigenvalue weighted by Crippen LogP contribution is 2.15. The summed E-state index contributed by atoms with van der Waals surface area (Å²) < 4.78 is 4.81. The van der Waals surface area contributed by atoms with E-state index in [1.807, 2.05) is 7.05 Å². The van der Waals surface area contributed by atoms with Gasteiger partial charge < -0.3 is 14.7 Å². The number of carbonyl (C=O) groups excluding carboxylic acids is 2. The van der Waals surface area contributed by atoms with Crippen LogP contribution in [0.15, 0.2) is 28.8 Å². The molecule has 1 fully saturated rings. The molecule has 0 unspecified atom stereocenters. The topological polar surface area (TPSA) is 100 Å². The van der Waals surface area contributed by atoms with Crippen molar-refractivity contribution >= 4 is 17.8 Å². The van der Waals surface area contributed by atoms with Gasteiger partial charge in [-0.2, -0.15) is 4.98 Å². The highest BCUT2D eigenvalue weighted by atomic mass is 16.5. The Hall–Kier alpha value is -2.74. The number of hydrogen-bond acceptors (Lipinski definition) is 6. The zero-order valence-corrected chi connectivity index (χ0v) is 14.3. The quantitative estimate of drug-likeness (QED) is 0.871. The predicted molar refractivity (Wildman–Crippen MR) is 91.4 cm³/mol. The Kier molecular flexibility index (Phi) is 5.08. The van der Waals surface area contributed by atoms with E-state index in [1.54, 1.807) is 36.1 Å². The Balaban J connectivity index is 1.64. The molecule has 132 valence electrons. The van der Waals surface area contributed by atoms with Crippen LogP contribution in [0, 0.1) is 6.92 Å². The highest BCUT2D eigenvalue weighted by Gasteiger charge is 2.23. The van der Waals surface area contributed by atoms with E-state index < -0.39 is 0 Å². The molecule has 2 heterocycles. The molecule has 1 aliphatic rings. The van der Waals surface area contributed by atoms with Crippen molar-refractivity contribution in [3.05, 3.63) is 41.3 Å². The maximum Gasteiger partial charge on any atom is 0.270 e. The van der Waals surface area contributed by atoms with Crippen LogP contribution in [-0.2, 0) is 0 Å². The van der Waals surface area contributed by atoms with Gasteiger partial charge in [-0.1, -0.05) is 0 Å². The molecule has 0 aliphatic carbocycles. The minimum absolute atomic E-state index is 0.0346. The number of rotatable bonds is 4. The van der Waals surface area contributed by atoms with Crippen molar-refractivity contribution in [2.24, 2.45) is 0 Å². The lowest BCUT2D eigenvalue weighted by molar-refractivity contribution is 0.0703. The number of nitrogens with zero attached hydrogens (tertiary/aromatic N) is 3. The second kappa shape index (κ2) is 7.43. The Bertz CT molecular complexity index is 750. The summed E-state index contributed by atoms with van der Waals surface area (Å²) in [7, 11) is 1.83. The van der Waals surface area contributed by atoms with Gasteiger partial charge >= 0.3 is 0 Å². The first-order valence-electron chi connectivity index (χ1n) is 8.24. The zero-order chi connectivity index (χ0) is 17.8. The lowest BCUT2D eigenvalue weighted by Gasteiger charge is -2.31. The first-order chi connectivity index (χ1) is 12.0. The third-order valence-electron chi connectivity index (χ3n) is 4.32. The summed E-state index contributed by atoms with van der Waals surface area (Å²) in [6.45, 7) is 3.50. The predicted octanol–water partition coefficient (Wildman–Crippen LogP) is 1.45. The van der Waals surface area contributed by atoms with Crippen molar-refractivity contribution in [2.75, 3.05) is 25.5 Å². The number of nitrogens with one attached hydrogen (secondary N) is 2. The van der Waals surface area contributed by atoms with E-state index in [0.717, 1.165) is 25.9 Å². The van der Waals surface area contributed by atoms with Crippen LogP contribution >= 0.6 is 0 Å². The molecule has 0 radical (unpaired) electrons.